The Balaban J connectivity index is 3.07. The number of aryl methyl sites for hydroxylation is 1. The van der Waals surface area contributed by atoms with E-state index in [9.17, 15) is 0 Å². The van der Waals surface area contributed by atoms with Crippen LogP contribution in [0.2, 0.25) is 0 Å². The van der Waals surface area contributed by atoms with E-state index >= 15 is 0 Å². The molecule has 0 aromatic carbocycles. The molecule has 0 spiro atoms. The molecule has 0 saturated heterocycles. The quantitative estimate of drug-likeness (QED) is 0.809. The van der Waals surface area contributed by atoms with Crippen molar-refractivity contribution in [2.75, 3.05) is 0 Å². The standard InChI is InChI=1S/C15H29N3/c1-6-11(4)10-18-15(8-3)13(9-12(5)16)14(7-2)17-18/h11-12H,6-10,16H2,1-5H3. The van der Waals surface area contributed by atoms with Gasteiger partial charge in [0.05, 0.1) is 5.69 Å². The normalized spacial score (nSPS) is 14.8. The average Bonchev–Trinajstić information content (AvgIpc) is 2.65. The van der Waals surface area contributed by atoms with Crippen molar-refractivity contribution < 1.29 is 0 Å². The van der Waals surface area contributed by atoms with E-state index in [-0.39, 0.29) is 6.04 Å². The molecule has 18 heavy (non-hydrogen) atoms. The molecule has 104 valence electrons. The Morgan fingerprint density at radius 2 is 1.83 bits per heavy atom. The number of nitrogens with zero attached hydrogens (tertiary/aromatic N) is 2. The summed E-state index contributed by atoms with van der Waals surface area (Å²) in [6, 6.07) is 0.210. The highest BCUT2D eigenvalue weighted by molar-refractivity contribution is 5.27. The first-order valence-corrected chi connectivity index (χ1v) is 7.36. The number of hydrogen-bond donors (Lipinski definition) is 1. The molecule has 2 N–H and O–H groups in total. The van der Waals surface area contributed by atoms with E-state index in [4.69, 9.17) is 10.8 Å². The van der Waals surface area contributed by atoms with Gasteiger partial charge in [0.1, 0.15) is 0 Å². The van der Waals surface area contributed by atoms with Gasteiger partial charge in [-0.1, -0.05) is 34.1 Å². The Kier molecular flexibility index (Phi) is 5.86. The fourth-order valence-corrected chi connectivity index (χ4v) is 2.40. The van der Waals surface area contributed by atoms with Gasteiger partial charge in [-0.15, -0.1) is 0 Å². The van der Waals surface area contributed by atoms with Gasteiger partial charge in [-0.2, -0.15) is 5.10 Å². The Labute approximate surface area is 112 Å². The summed E-state index contributed by atoms with van der Waals surface area (Å²) >= 11 is 0. The third-order valence-electron chi connectivity index (χ3n) is 3.63. The zero-order chi connectivity index (χ0) is 13.7. The van der Waals surface area contributed by atoms with E-state index in [1.165, 1.54) is 23.4 Å². The highest BCUT2D eigenvalue weighted by atomic mass is 15.3. The van der Waals surface area contributed by atoms with Gasteiger partial charge in [0, 0.05) is 18.3 Å². The van der Waals surface area contributed by atoms with Crippen LogP contribution in [0.15, 0.2) is 0 Å². The first-order valence-electron chi connectivity index (χ1n) is 7.36. The van der Waals surface area contributed by atoms with Crippen molar-refractivity contribution in [1.29, 1.82) is 0 Å². The van der Waals surface area contributed by atoms with Crippen molar-refractivity contribution in [1.82, 2.24) is 9.78 Å². The lowest BCUT2D eigenvalue weighted by Crippen LogP contribution is -2.19. The van der Waals surface area contributed by atoms with Crippen LogP contribution in [0, 0.1) is 5.92 Å². The summed E-state index contributed by atoms with van der Waals surface area (Å²) in [5, 5.41) is 4.80. The van der Waals surface area contributed by atoms with Gasteiger partial charge in [-0.05, 0) is 37.7 Å². The second kappa shape index (κ2) is 6.93. The molecule has 2 unspecified atom stereocenters. The van der Waals surface area contributed by atoms with Gasteiger partial charge in [0.25, 0.3) is 0 Å². The van der Waals surface area contributed by atoms with Crippen LogP contribution < -0.4 is 5.73 Å². The molecule has 0 amide bonds. The zero-order valence-electron chi connectivity index (χ0n) is 12.7. The Morgan fingerprint density at radius 3 is 2.28 bits per heavy atom. The molecule has 0 aliphatic carbocycles. The molecule has 0 radical (unpaired) electrons. The maximum Gasteiger partial charge on any atom is 0.0657 e. The lowest BCUT2D eigenvalue weighted by atomic mass is 10.0. The van der Waals surface area contributed by atoms with Gasteiger partial charge in [0.15, 0.2) is 0 Å². The van der Waals surface area contributed by atoms with Crippen molar-refractivity contribution in [3.63, 3.8) is 0 Å². The highest BCUT2D eigenvalue weighted by Crippen LogP contribution is 2.19. The van der Waals surface area contributed by atoms with Crippen LogP contribution in [0.5, 0.6) is 0 Å². The van der Waals surface area contributed by atoms with Gasteiger partial charge >= 0.3 is 0 Å². The molecule has 1 aromatic heterocycles. The molecule has 1 aromatic rings. The highest BCUT2D eigenvalue weighted by Gasteiger charge is 2.17. The number of nitrogens with two attached hydrogens (primary N) is 1. The second-order valence-electron chi connectivity index (χ2n) is 5.46. The summed E-state index contributed by atoms with van der Waals surface area (Å²) in [6.45, 7) is 12.0. The molecular formula is C15H29N3. The Bertz CT molecular complexity index is 366. The van der Waals surface area contributed by atoms with Crippen molar-refractivity contribution in [2.45, 2.75) is 72.9 Å². The predicted molar refractivity (Wildman–Crippen MR) is 77.8 cm³/mol. The Morgan fingerprint density at radius 1 is 1.17 bits per heavy atom. The summed E-state index contributed by atoms with van der Waals surface area (Å²) in [5.74, 6) is 0.683. The maximum atomic E-state index is 5.97. The molecule has 0 saturated carbocycles. The number of hydrogen-bond acceptors (Lipinski definition) is 2. The van der Waals surface area contributed by atoms with E-state index in [2.05, 4.69) is 39.3 Å². The zero-order valence-corrected chi connectivity index (χ0v) is 12.7. The van der Waals surface area contributed by atoms with E-state index in [1.807, 2.05) is 0 Å². The summed E-state index contributed by atoms with van der Waals surface area (Å²) in [4.78, 5) is 0. The molecular weight excluding hydrogens is 222 g/mol. The third-order valence-corrected chi connectivity index (χ3v) is 3.63. The molecule has 2 atom stereocenters. The van der Waals surface area contributed by atoms with Crippen LogP contribution in [0.25, 0.3) is 0 Å². The minimum Gasteiger partial charge on any atom is -0.328 e. The lowest BCUT2D eigenvalue weighted by Gasteiger charge is -2.12. The number of rotatable bonds is 7. The lowest BCUT2D eigenvalue weighted by molar-refractivity contribution is 0.427. The SMILES string of the molecule is CCc1nn(CC(C)CC)c(CC)c1CC(C)N. The van der Waals surface area contributed by atoms with Crippen molar-refractivity contribution in [2.24, 2.45) is 11.7 Å². The van der Waals surface area contributed by atoms with Crippen LogP contribution in [0.4, 0.5) is 0 Å². The largest absolute Gasteiger partial charge is 0.328 e. The molecule has 3 heteroatoms. The minimum atomic E-state index is 0.210. The van der Waals surface area contributed by atoms with E-state index < -0.39 is 0 Å². The van der Waals surface area contributed by atoms with Gasteiger partial charge < -0.3 is 5.73 Å². The minimum absolute atomic E-state index is 0.210. The number of aromatic nitrogens is 2. The van der Waals surface area contributed by atoms with Crippen LogP contribution in [0.1, 0.15) is 58.0 Å². The molecule has 1 heterocycles. The second-order valence-corrected chi connectivity index (χ2v) is 5.46. The van der Waals surface area contributed by atoms with Crippen LogP contribution in [0.3, 0.4) is 0 Å². The van der Waals surface area contributed by atoms with Crippen LogP contribution in [-0.2, 0) is 25.8 Å². The van der Waals surface area contributed by atoms with Crippen LogP contribution >= 0.6 is 0 Å². The third kappa shape index (κ3) is 3.58. The topological polar surface area (TPSA) is 43.8 Å². The van der Waals surface area contributed by atoms with Crippen molar-refractivity contribution in [3.05, 3.63) is 17.0 Å². The summed E-state index contributed by atoms with van der Waals surface area (Å²) in [5.41, 5.74) is 10.0. The molecule has 0 bridgehead atoms. The first-order chi connectivity index (χ1) is 8.53. The smallest absolute Gasteiger partial charge is 0.0657 e. The van der Waals surface area contributed by atoms with E-state index in [0.717, 1.165) is 25.8 Å². The van der Waals surface area contributed by atoms with E-state index in [1.54, 1.807) is 0 Å². The van der Waals surface area contributed by atoms with Gasteiger partial charge in [0.2, 0.25) is 0 Å². The van der Waals surface area contributed by atoms with Crippen molar-refractivity contribution >= 4 is 0 Å². The van der Waals surface area contributed by atoms with Gasteiger partial charge in [-0.3, -0.25) is 4.68 Å². The maximum absolute atomic E-state index is 5.97. The van der Waals surface area contributed by atoms with Gasteiger partial charge in [-0.25, -0.2) is 0 Å². The predicted octanol–water partition coefficient (Wildman–Crippen LogP) is 2.94. The molecule has 3 nitrogen and oxygen atoms in total. The average molecular weight is 251 g/mol. The van der Waals surface area contributed by atoms with Crippen molar-refractivity contribution in [3.8, 4) is 0 Å². The Hall–Kier alpha value is -0.830. The summed E-state index contributed by atoms with van der Waals surface area (Å²) in [7, 11) is 0. The first kappa shape index (κ1) is 15.2. The summed E-state index contributed by atoms with van der Waals surface area (Å²) < 4.78 is 2.23. The monoisotopic (exact) mass is 251 g/mol. The van der Waals surface area contributed by atoms with Crippen LogP contribution in [-0.4, -0.2) is 15.8 Å². The molecule has 0 aliphatic heterocycles. The molecule has 0 fully saturated rings. The fraction of sp³-hybridized carbons (Fsp3) is 0.800. The molecule has 1 rings (SSSR count). The summed E-state index contributed by atoms with van der Waals surface area (Å²) in [6.07, 6.45) is 4.20. The molecule has 0 aliphatic rings. The fourth-order valence-electron chi connectivity index (χ4n) is 2.40. The van der Waals surface area contributed by atoms with E-state index in [0.29, 0.717) is 5.92 Å².